The van der Waals surface area contributed by atoms with Gasteiger partial charge >= 0.3 is 5.97 Å². The van der Waals surface area contributed by atoms with Gasteiger partial charge in [0.15, 0.2) is 0 Å². The number of nitrogens with zero attached hydrogens (tertiary/aromatic N) is 1. The number of ether oxygens (including phenoxy) is 2. The average molecular weight is 203 g/mol. The van der Waals surface area contributed by atoms with Crippen LogP contribution in [0.5, 0.6) is 0 Å². The van der Waals surface area contributed by atoms with E-state index in [0.29, 0.717) is 0 Å². The Labute approximate surface area is 87.0 Å². The van der Waals surface area contributed by atoms with Crippen molar-refractivity contribution in [3.05, 3.63) is 35.9 Å². The highest BCUT2D eigenvalue weighted by Crippen LogP contribution is 2.49. The summed E-state index contributed by atoms with van der Waals surface area (Å²) in [6, 6.07) is 11.0. The summed E-state index contributed by atoms with van der Waals surface area (Å²) in [5.41, 5.74) is -0.625. The highest BCUT2D eigenvalue weighted by Gasteiger charge is 2.65. The molecule has 0 radical (unpaired) electrons. The molecule has 1 aliphatic rings. The zero-order chi connectivity index (χ0) is 10.9. The third-order valence-electron chi connectivity index (χ3n) is 2.37. The summed E-state index contributed by atoms with van der Waals surface area (Å²) in [5, 5.41) is 8.91. The lowest BCUT2D eigenvalue weighted by atomic mass is 10.0. The molecule has 0 N–H and O–H groups in total. The number of hydrogen-bond donors (Lipinski definition) is 0. The van der Waals surface area contributed by atoms with Gasteiger partial charge in [0.2, 0.25) is 0 Å². The van der Waals surface area contributed by atoms with Crippen LogP contribution in [0.1, 0.15) is 11.7 Å². The Bertz CT molecular complexity index is 423. The van der Waals surface area contributed by atoms with E-state index >= 15 is 0 Å². The van der Waals surface area contributed by atoms with Gasteiger partial charge in [-0.25, -0.2) is 4.79 Å². The van der Waals surface area contributed by atoms with Gasteiger partial charge in [0, 0.05) is 0 Å². The highest BCUT2D eigenvalue weighted by molar-refractivity contribution is 5.87. The van der Waals surface area contributed by atoms with Crippen LogP contribution in [0.3, 0.4) is 0 Å². The van der Waals surface area contributed by atoms with Crippen molar-refractivity contribution in [2.45, 2.75) is 11.7 Å². The molecular weight excluding hydrogens is 194 g/mol. The van der Waals surface area contributed by atoms with Crippen LogP contribution in [0.4, 0.5) is 0 Å². The summed E-state index contributed by atoms with van der Waals surface area (Å²) in [4.78, 5) is 11.3. The Morgan fingerprint density at radius 1 is 1.53 bits per heavy atom. The second-order valence-electron chi connectivity index (χ2n) is 3.25. The smallest absolute Gasteiger partial charge is 0.356 e. The molecule has 0 aliphatic carbocycles. The molecule has 1 heterocycles. The number of rotatable bonds is 2. The van der Waals surface area contributed by atoms with Crippen molar-refractivity contribution < 1.29 is 14.3 Å². The Morgan fingerprint density at radius 3 is 2.73 bits per heavy atom. The first-order valence-corrected chi connectivity index (χ1v) is 4.47. The van der Waals surface area contributed by atoms with Crippen molar-refractivity contribution in [3.63, 3.8) is 0 Å². The third kappa shape index (κ3) is 1.37. The second kappa shape index (κ2) is 3.37. The fourth-order valence-electron chi connectivity index (χ4n) is 1.52. The summed E-state index contributed by atoms with van der Waals surface area (Å²) in [6.45, 7) is 0. The van der Waals surface area contributed by atoms with Crippen molar-refractivity contribution in [1.29, 1.82) is 5.26 Å². The van der Waals surface area contributed by atoms with Crippen LogP contribution in [0.15, 0.2) is 30.3 Å². The number of esters is 1. The first kappa shape index (κ1) is 9.69. The van der Waals surface area contributed by atoms with Gasteiger partial charge in [0.25, 0.3) is 5.60 Å². The summed E-state index contributed by atoms with van der Waals surface area (Å²) >= 11 is 0. The highest BCUT2D eigenvalue weighted by atomic mass is 16.7. The molecule has 15 heavy (non-hydrogen) atoms. The normalized spacial score (nSPS) is 27.9. The number of carbonyl (C=O) groups is 1. The molecule has 1 aliphatic heterocycles. The van der Waals surface area contributed by atoms with E-state index in [9.17, 15) is 4.79 Å². The zero-order valence-electron chi connectivity index (χ0n) is 8.14. The lowest BCUT2D eigenvalue weighted by Crippen LogP contribution is -2.24. The van der Waals surface area contributed by atoms with Gasteiger partial charge < -0.3 is 9.47 Å². The van der Waals surface area contributed by atoms with Crippen LogP contribution in [-0.4, -0.2) is 18.7 Å². The molecule has 0 bridgehead atoms. The lowest BCUT2D eigenvalue weighted by molar-refractivity contribution is -0.144. The van der Waals surface area contributed by atoms with E-state index in [2.05, 4.69) is 4.74 Å². The predicted octanol–water partition coefficient (Wildman–Crippen LogP) is 1.19. The SMILES string of the molecule is COC(=O)[C@]1(C#N)O[C@H]1c1ccccc1. The van der Waals surface area contributed by atoms with E-state index in [1.807, 2.05) is 36.4 Å². The molecule has 0 unspecified atom stereocenters. The summed E-state index contributed by atoms with van der Waals surface area (Å²) in [7, 11) is 1.24. The number of benzene rings is 1. The van der Waals surface area contributed by atoms with E-state index < -0.39 is 17.7 Å². The average Bonchev–Trinajstić information content (AvgIpc) is 3.05. The molecule has 1 saturated heterocycles. The molecule has 76 valence electrons. The van der Waals surface area contributed by atoms with Crippen molar-refractivity contribution in [2.24, 2.45) is 0 Å². The van der Waals surface area contributed by atoms with Gasteiger partial charge in [-0.2, -0.15) is 5.26 Å². The van der Waals surface area contributed by atoms with Crippen LogP contribution in [0.2, 0.25) is 0 Å². The van der Waals surface area contributed by atoms with Crippen LogP contribution in [0, 0.1) is 11.3 Å². The van der Waals surface area contributed by atoms with Gasteiger partial charge in [0.1, 0.15) is 12.2 Å². The lowest BCUT2D eigenvalue weighted by Gasteiger charge is -2.00. The van der Waals surface area contributed by atoms with Gasteiger partial charge in [-0.15, -0.1) is 0 Å². The second-order valence-corrected chi connectivity index (χ2v) is 3.25. The maximum Gasteiger partial charge on any atom is 0.356 e. The van der Waals surface area contributed by atoms with E-state index in [1.165, 1.54) is 7.11 Å². The van der Waals surface area contributed by atoms with Crippen molar-refractivity contribution in [2.75, 3.05) is 7.11 Å². The minimum absolute atomic E-state index is 0.504. The van der Waals surface area contributed by atoms with Gasteiger partial charge in [0.05, 0.1) is 7.11 Å². The Morgan fingerprint density at radius 2 is 2.20 bits per heavy atom. The molecule has 0 amide bonds. The van der Waals surface area contributed by atoms with E-state index in [1.54, 1.807) is 0 Å². The summed E-state index contributed by atoms with van der Waals surface area (Å²) in [6.07, 6.45) is -0.504. The Hall–Kier alpha value is -1.86. The molecule has 0 aromatic heterocycles. The molecular formula is C11H9NO3. The molecule has 4 heteroatoms. The van der Waals surface area contributed by atoms with E-state index in [-0.39, 0.29) is 0 Å². The van der Waals surface area contributed by atoms with Crippen molar-refractivity contribution in [3.8, 4) is 6.07 Å². The number of methoxy groups -OCH3 is 1. The van der Waals surface area contributed by atoms with Crippen LogP contribution < -0.4 is 0 Å². The standard InChI is InChI=1S/C11H9NO3/c1-14-10(13)11(7-12)9(15-11)8-5-3-2-4-6-8/h2-6,9H,1H3/t9-,11+/m0/s1. The van der Waals surface area contributed by atoms with E-state index in [4.69, 9.17) is 10.00 Å². The van der Waals surface area contributed by atoms with Gasteiger partial charge in [-0.05, 0) is 5.56 Å². The molecule has 2 rings (SSSR count). The summed E-state index contributed by atoms with van der Waals surface area (Å²) in [5.74, 6) is -0.640. The number of epoxide rings is 1. The molecule has 0 spiro atoms. The maximum absolute atomic E-state index is 11.3. The zero-order valence-corrected chi connectivity index (χ0v) is 8.14. The molecule has 1 fully saturated rings. The van der Waals surface area contributed by atoms with Crippen LogP contribution in [-0.2, 0) is 14.3 Å². The minimum Gasteiger partial charge on any atom is -0.466 e. The number of hydrogen-bond acceptors (Lipinski definition) is 4. The number of nitriles is 1. The maximum atomic E-state index is 11.3. The van der Waals surface area contributed by atoms with Gasteiger partial charge in [-0.1, -0.05) is 30.3 Å². The Balaban J connectivity index is 2.25. The molecule has 1 aromatic rings. The van der Waals surface area contributed by atoms with Crippen LogP contribution in [0.25, 0.3) is 0 Å². The monoisotopic (exact) mass is 203 g/mol. The number of carbonyl (C=O) groups excluding carboxylic acids is 1. The fourth-order valence-corrected chi connectivity index (χ4v) is 1.52. The minimum atomic E-state index is -1.43. The topological polar surface area (TPSA) is 62.6 Å². The van der Waals surface area contributed by atoms with Crippen molar-refractivity contribution in [1.82, 2.24) is 0 Å². The van der Waals surface area contributed by atoms with E-state index in [0.717, 1.165) is 5.56 Å². The summed E-state index contributed by atoms with van der Waals surface area (Å²) < 4.78 is 9.69. The quantitative estimate of drug-likeness (QED) is 0.535. The fraction of sp³-hybridized carbons (Fsp3) is 0.273. The predicted molar refractivity (Wildman–Crippen MR) is 50.6 cm³/mol. The molecule has 4 nitrogen and oxygen atoms in total. The largest absolute Gasteiger partial charge is 0.466 e. The van der Waals surface area contributed by atoms with Crippen molar-refractivity contribution >= 4 is 5.97 Å². The third-order valence-corrected chi connectivity index (χ3v) is 2.37. The van der Waals surface area contributed by atoms with Gasteiger partial charge in [-0.3, -0.25) is 0 Å². The van der Waals surface area contributed by atoms with Crippen LogP contribution >= 0.6 is 0 Å². The molecule has 0 saturated carbocycles. The first-order valence-electron chi connectivity index (χ1n) is 4.47. The molecule has 2 atom stereocenters. The molecule has 1 aromatic carbocycles. The Kier molecular flexibility index (Phi) is 2.18. The first-order chi connectivity index (χ1) is 7.24.